The lowest BCUT2D eigenvalue weighted by molar-refractivity contribution is -0.141. The number of likely N-dealkylation sites (N-methyl/N-ethyl adjacent to an activating group) is 1. The van der Waals surface area contributed by atoms with Gasteiger partial charge in [-0.05, 0) is 30.2 Å². The van der Waals surface area contributed by atoms with Gasteiger partial charge in [-0.3, -0.25) is 14.4 Å². The molecule has 1 aliphatic heterocycles. The summed E-state index contributed by atoms with van der Waals surface area (Å²) in [5, 5.41) is 2.79. The molecule has 0 aliphatic carbocycles. The van der Waals surface area contributed by atoms with E-state index in [4.69, 9.17) is 0 Å². The first kappa shape index (κ1) is 25.1. The highest BCUT2D eigenvalue weighted by Crippen LogP contribution is 2.30. The number of hydrogen-bond donors (Lipinski definition) is 1. The maximum Gasteiger partial charge on any atom is 0.269 e. The number of carbonyl (C=O) groups is 3. The van der Waals surface area contributed by atoms with E-state index < -0.39 is 34.4 Å². The molecule has 0 saturated carbocycles. The van der Waals surface area contributed by atoms with Crippen LogP contribution in [0.5, 0.6) is 0 Å². The zero-order chi connectivity index (χ0) is 25.7. The van der Waals surface area contributed by atoms with Crippen molar-refractivity contribution >= 4 is 27.7 Å². The summed E-state index contributed by atoms with van der Waals surface area (Å²) in [7, 11) is -4.18. The highest BCUT2D eigenvalue weighted by molar-refractivity contribution is 7.90. The third-order valence-corrected chi connectivity index (χ3v) is 7.80. The second kappa shape index (κ2) is 10.7. The number of rotatable bonds is 9. The Morgan fingerprint density at radius 1 is 0.889 bits per heavy atom. The molecule has 0 fully saturated rings. The van der Waals surface area contributed by atoms with Gasteiger partial charge in [0.15, 0.2) is 0 Å². The van der Waals surface area contributed by atoms with Gasteiger partial charge < -0.3 is 10.2 Å². The largest absolute Gasteiger partial charge is 0.355 e. The highest BCUT2D eigenvalue weighted by Gasteiger charge is 2.43. The van der Waals surface area contributed by atoms with Gasteiger partial charge >= 0.3 is 0 Å². The summed E-state index contributed by atoms with van der Waals surface area (Å²) in [5.74, 6) is -1.75. The van der Waals surface area contributed by atoms with E-state index in [0.717, 1.165) is 11.1 Å². The average molecular weight is 506 g/mol. The molecule has 3 aromatic rings. The van der Waals surface area contributed by atoms with Crippen molar-refractivity contribution in [1.82, 2.24) is 14.5 Å². The Morgan fingerprint density at radius 2 is 1.47 bits per heavy atom. The van der Waals surface area contributed by atoms with Crippen molar-refractivity contribution in [3.05, 3.63) is 102 Å². The standard InChI is InChI=1S/C27H27N3O5S/c1-2-28-26(32)23(17-20-11-5-3-6-12-20)29(18-21-13-7-4-8-14-21)25(31)19-30-27(33)22-15-9-10-16-24(22)36(30,34)35/h3-16,23H,2,17-19H2,1H3,(H,28,32)/t23-/m0/s1. The lowest BCUT2D eigenvalue weighted by atomic mass is 10.0. The van der Waals surface area contributed by atoms with Gasteiger partial charge in [-0.15, -0.1) is 0 Å². The number of sulfonamides is 1. The van der Waals surface area contributed by atoms with Crippen LogP contribution in [0.3, 0.4) is 0 Å². The van der Waals surface area contributed by atoms with Crippen LogP contribution in [-0.2, 0) is 32.6 Å². The van der Waals surface area contributed by atoms with Gasteiger partial charge in [0.25, 0.3) is 15.9 Å². The maximum absolute atomic E-state index is 13.7. The smallest absolute Gasteiger partial charge is 0.269 e. The van der Waals surface area contributed by atoms with Crippen molar-refractivity contribution in [3.8, 4) is 0 Å². The fourth-order valence-electron chi connectivity index (χ4n) is 4.23. The van der Waals surface area contributed by atoms with E-state index in [2.05, 4.69) is 5.32 Å². The molecule has 36 heavy (non-hydrogen) atoms. The summed E-state index contributed by atoms with van der Waals surface area (Å²) < 4.78 is 26.7. The molecule has 1 N–H and O–H groups in total. The van der Waals surface area contributed by atoms with Crippen molar-refractivity contribution in [2.24, 2.45) is 0 Å². The van der Waals surface area contributed by atoms with E-state index in [1.807, 2.05) is 60.7 Å². The van der Waals surface area contributed by atoms with E-state index in [-0.39, 0.29) is 29.3 Å². The van der Waals surface area contributed by atoms with Gasteiger partial charge in [0.1, 0.15) is 17.5 Å². The third kappa shape index (κ3) is 5.16. The van der Waals surface area contributed by atoms with Crippen LogP contribution in [-0.4, -0.2) is 54.5 Å². The van der Waals surface area contributed by atoms with Crippen molar-refractivity contribution in [2.45, 2.75) is 30.8 Å². The normalized spacial score (nSPS) is 14.7. The number of hydrogen-bond acceptors (Lipinski definition) is 5. The lowest BCUT2D eigenvalue weighted by Gasteiger charge is -2.32. The Labute approximate surface area is 210 Å². The topological polar surface area (TPSA) is 104 Å². The molecule has 1 heterocycles. The van der Waals surface area contributed by atoms with Gasteiger partial charge in [-0.2, -0.15) is 0 Å². The predicted molar refractivity (Wildman–Crippen MR) is 134 cm³/mol. The van der Waals surface area contributed by atoms with Gasteiger partial charge in [0, 0.05) is 19.5 Å². The summed E-state index contributed by atoms with van der Waals surface area (Å²) in [5.41, 5.74) is 1.65. The molecule has 0 radical (unpaired) electrons. The van der Waals surface area contributed by atoms with Gasteiger partial charge in [-0.25, -0.2) is 12.7 Å². The number of fused-ring (bicyclic) bond motifs is 1. The molecule has 9 heteroatoms. The van der Waals surface area contributed by atoms with Crippen LogP contribution >= 0.6 is 0 Å². The van der Waals surface area contributed by atoms with Gasteiger partial charge in [-0.1, -0.05) is 72.8 Å². The van der Waals surface area contributed by atoms with Crippen LogP contribution in [0.25, 0.3) is 0 Å². The fraction of sp³-hybridized carbons (Fsp3) is 0.222. The Morgan fingerprint density at radius 3 is 2.08 bits per heavy atom. The summed E-state index contributed by atoms with van der Waals surface area (Å²) in [4.78, 5) is 41.1. The summed E-state index contributed by atoms with van der Waals surface area (Å²) >= 11 is 0. The second-order valence-corrected chi connectivity index (χ2v) is 10.3. The molecular formula is C27H27N3O5S. The van der Waals surface area contributed by atoms with Gasteiger partial charge in [0.05, 0.1) is 5.56 Å². The molecule has 0 saturated heterocycles. The molecule has 0 spiro atoms. The second-order valence-electron chi connectivity index (χ2n) is 8.42. The van der Waals surface area contributed by atoms with Crippen molar-refractivity contribution < 1.29 is 22.8 Å². The first-order chi connectivity index (χ1) is 17.3. The Balaban J connectivity index is 1.69. The Bertz CT molecular complexity index is 1360. The first-order valence-corrected chi connectivity index (χ1v) is 13.1. The quantitative estimate of drug-likeness (QED) is 0.482. The van der Waals surface area contributed by atoms with Crippen molar-refractivity contribution in [2.75, 3.05) is 13.1 Å². The highest BCUT2D eigenvalue weighted by atomic mass is 32.2. The maximum atomic E-state index is 13.7. The van der Waals surface area contributed by atoms with Crippen LogP contribution in [0.1, 0.15) is 28.4 Å². The van der Waals surface area contributed by atoms with Gasteiger partial charge in [0.2, 0.25) is 11.8 Å². The number of amides is 3. The number of nitrogens with zero attached hydrogens (tertiary/aromatic N) is 2. The van der Waals surface area contributed by atoms with Crippen LogP contribution < -0.4 is 5.32 Å². The van der Waals surface area contributed by atoms with Crippen molar-refractivity contribution in [1.29, 1.82) is 0 Å². The minimum absolute atomic E-state index is 0.0319. The van der Waals surface area contributed by atoms with Crippen LogP contribution in [0.2, 0.25) is 0 Å². The number of nitrogens with one attached hydrogen (secondary N) is 1. The van der Waals surface area contributed by atoms with Crippen LogP contribution in [0.15, 0.2) is 89.8 Å². The third-order valence-electron chi connectivity index (χ3n) is 6.01. The number of carbonyl (C=O) groups excluding carboxylic acids is 3. The fourth-order valence-corrected chi connectivity index (χ4v) is 5.75. The number of benzene rings is 3. The zero-order valence-corrected chi connectivity index (χ0v) is 20.6. The monoisotopic (exact) mass is 505 g/mol. The van der Waals surface area contributed by atoms with E-state index in [1.165, 1.54) is 23.1 Å². The predicted octanol–water partition coefficient (Wildman–Crippen LogP) is 2.61. The Hall–Kier alpha value is -3.98. The van der Waals surface area contributed by atoms with E-state index in [0.29, 0.717) is 10.8 Å². The summed E-state index contributed by atoms with van der Waals surface area (Å²) in [6.07, 6.45) is 0.228. The zero-order valence-electron chi connectivity index (χ0n) is 19.8. The first-order valence-electron chi connectivity index (χ1n) is 11.6. The molecule has 4 rings (SSSR count). The molecule has 1 atom stereocenters. The molecule has 3 aromatic carbocycles. The van der Waals surface area contributed by atoms with E-state index in [1.54, 1.807) is 13.0 Å². The van der Waals surface area contributed by atoms with Crippen LogP contribution in [0, 0.1) is 0 Å². The molecule has 0 aromatic heterocycles. The SMILES string of the molecule is CCNC(=O)[C@H](Cc1ccccc1)N(Cc1ccccc1)C(=O)CN1C(=O)c2ccccc2S1(=O)=O. The molecule has 1 aliphatic rings. The molecule has 3 amide bonds. The van der Waals surface area contributed by atoms with E-state index in [9.17, 15) is 22.8 Å². The minimum Gasteiger partial charge on any atom is -0.355 e. The lowest BCUT2D eigenvalue weighted by Crippen LogP contribution is -2.53. The van der Waals surface area contributed by atoms with E-state index >= 15 is 0 Å². The minimum atomic E-state index is -4.18. The molecular weight excluding hydrogens is 478 g/mol. The summed E-state index contributed by atoms with van der Waals surface area (Å²) in [6, 6.07) is 23.4. The molecule has 186 valence electrons. The Kier molecular flexibility index (Phi) is 7.49. The molecule has 0 unspecified atom stereocenters. The molecule has 8 nitrogen and oxygen atoms in total. The average Bonchev–Trinajstić information content (AvgIpc) is 3.08. The summed E-state index contributed by atoms with van der Waals surface area (Å²) in [6.45, 7) is 1.52. The van der Waals surface area contributed by atoms with Crippen LogP contribution in [0.4, 0.5) is 0 Å². The van der Waals surface area contributed by atoms with Crippen molar-refractivity contribution in [3.63, 3.8) is 0 Å². The molecule has 0 bridgehead atoms.